The molecule has 4 nitrogen and oxygen atoms in total. The summed E-state index contributed by atoms with van der Waals surface area (Å²) in [5.74, 6) is -0.500. The highest BCUT2D eigenvalue weighted by Crippen LogP contribution is 2.43. The summed E-state index contributed by atoms with van der Waals surface area (Å²) in [6, 6.07) is 8.17. The first-order valence-corrected chi connectivity index (χ1v) is 8.85. The number of benzene rings is 2. The fourth-order valence-corrected chi connectivity index (χ4v) is 2.26. The zero-order valence-corrected chi connectivity index (χ0v) is 16.3. The lowest BCUT2D eigenvalue weighted by molar-refractivity contribution is -0.373. The van der Waals surface area contributed by atoms with Gasteiger partial charge >= 0.3 is 18.3 Å². The van der Waals surface area contributed by atoms with E-state index >= 15 is 0 Å². The van der Waals surface area contributed by atoms with Gasteiger partial charge in [-0.05, 0) is 55.3 Å². The van der Waals surface area contributed by atoms with Gasteiger partial charge < -0.3 is 14.6 Å². The molecule has 0 fully saturated rings. The van der Waals surface area contributed by atoms with Gasteiger partial charge in [-0.15, -0.1) is 0 Å². The Balaban J connectivity index is 2.21. The van der Waals surface area contributed by atoms with E-state index in [4.69, 9.17) is 9.84 Å². The number of fused-ring (bicyclic) bond motifs is 1. The molecular formula is C20H20F6O4. The van der Waals surface area contributed by atoms with Crippen molar-refractivity contribution in [2.75, 3.05) is 6.61 Å². The Bertz CT molecular complexity index is 904. The zero-order chi connectivity index (χ0) is 23.0. The third kappa shape index (κ3) is 4.80. The van der Waals surface area contributed by atoms with Crippen LogP contribution < -0.4 is 9.47 Å². The van der Waals surface area contributed by atoms with Gasteiger partial charge in [0.05, 0.1) is 5.41 Å². The largest absolute Gasteiger partial charge is 0.490 e. The molecule has 0 aliphatic carbocycles. The molecule has 0 aromatic heterocycles. The predicted octanol–water partition coefficient (Wildman–Crippen LogP) is 5.42. The third-order valence-electron chi connectivity index (χ3n) is 4.82. The average molecular weight is 438 g/mol. The molecular weight excluding hydrogens is 418 g/mol. The minimum absolute atomic E-state index is 0.242. The summed E-state index contributed by atoms with van der Waals surface area (Å²) < 4.78 is 86.3. The van der Waals surface area contributed by atoms with E-state index in [0.717, 1.165) is 6.07 Å². The van der Waals surface area contributed by atoms with Gasteiger partial charge in [-0.2, -0.15) is 26.3 Å². The molecule has 166 valence electrons. The molecule has 0 unspecified atom stereocenters. The van der Waals surface area contributed by atoms with Crippen molar-refractivity contribution < 1.29 is 45.7 Å². The lowest BCUT2D eigenvalue weighted by atomic mass is 9.91. The van der Waals surface area contributed by atoms with Crippen molar-refractivity contribution in [1.29, 1.82) is 0 Å². The molecule has 0 radical (unpaired) electrons. The van der Waals surface area contributed by atoms with E-state index in [-0.39, 0.29) is 11.5 Å². The maximum Gasteiger partial charge on any atom is 0.429 e. The lowest BCUT2D eigenvalue weighted by Gasteiger charge is -2.31. The van der Waals surface area contributed by atoms with Crippen LogP contribution >= 0.6 is 0 Å². The summed E-state index contributed by atoms with van der Waals surface area (Å²) in [5.41, 5.74) is -5.69. The molecule has 0 amide bonds. The minimum atomic E-state index is -5.97. The summed E-state index contributed by atoms with van der Waals surface area (Å²) in [4.78, 5) is 12.1. The van der Waals surface area contributed by atoms with Crippen LogP contribution in [0.1, 0.15) is 27.2 Å². The smallest absolute Gasteiger partial charge is 0.429 e. The molecule has 0 atom stereocenters. The standard InChI is InChI=1S/C20H20F6O4/c1-4-17(2,3)16(27)30-15-8-6-12-9-14(7-5-13(12)10-15)29-11-18(28,19(21,22)23)20(24,25)26/h5-10,28H,4,11H2,1-3H3. The van der Waals surface area contributed by atoms with Crippen molar-refractivity contribution in [2.45, 2.75) is 45.1 Å². The van der Waals surface area contributed by atoms with E-state index in [1.54, 1.807) is 13.8 Å². The van der Waals surface area contributed by atoms with Crippen LogP contribution in [-0.4, -0.2) is 35.6 Å². The van der Waals surface area contributed by atoms with Crippen molar-refractivity contribution in [3.8, 4) is 11.5 Å². The highest BCUT2D eigenvalue weighted by Gasteiger charge is 2.71. The number of halogens is 6. The average Bonchev–Trinajstić information content (AvgIpc) is 2.64. The maximum atomic E-state index is 12.7. The van der Waals surface area contributed by atoms with Crippen molar-refractivity contribution in [3.05, 3.63) is 36.4 Å². The number of rotatable bonds is 6. The first-order chi connectivity index (χ1) is 13.6. The SMILES string of the molecule is CCC(C)(C)C(=O)Oc1ccc2cc(OCC(O)(C(F)(F)F)C(F)(F)F)ccc2c1. The van der Waals surface area contributed by atoms with Gasteiger partial charge in [0, 0.05) is 0 Å². The molecule has 0 bridgehead atoms. The Hall–Kier alpha value is -2.49. The number of aliphatic hydroxyl groups is 1. The van der Waals surface area contributed by atoms with Crippen LogP contribution in [0.3, 0.4) is 0 Å². The highest BCUT2D eigenvalue weighted by atomic mass is 19.4. The molecule has 0 saturated heterocycles. The van der Waals surface area contributed by atoms with Crippen molar-refractivity contribution in [3.63, 3.8) is 0 Å². The predicted molar refractivity (Wildman–Crippen MR) is 96.2 cm³/mol. The lowest BCUT2D eigenvalue weighted by Crippen LogP contribution is -2.60. The summed E-state index contributed by atoms with van der Waals surface area (Å²) >= 11 is 0. The Morgan fingerprint density at radius 3 is 1.83 bits per heavy atom. The number of hydrogen-bond donors (Lipinski definition) is 1. The second-order valence-electron chi connectivity index (χ2n) is 7.44. The molecule has 10 heteroatoms. The topological polar surface area (TPSA) is 55.8 Å². The van der Waals surface area contributed by atoms with E-state index in [2.05, 4.69) is 4.74 Å². The van der Waals surface area contributed by atoms with Gasteiger partial charge in [-0.25, -0.2) is 0 Å². The monoisotopic (exact) mass is 438 g/mol. The van der Waals surface area contributed by atoms with Crippen LogP contribution in [0.5, 0.6) is 11.5 Å². The molecule has 0 aliphatic rings. The number of ether oxygens (including phenoxy) is 2. The normalized spacial score (nSPS) is 13.4. The molecule has 30 heavy (non-hydrogen) atoms. The summed E-state index contributed by atoms with van der Waals surface area (Å²) in [6.07, 6.45) is -11.4. The van der Waals surface area contributed by atoms with Crippen LogP contribution in [0.2, 0.25) is 0 Å². The molecule has 0 heterocycles. The third-order valence-corrected chi connectivity index (χ3v) is 4.82. The van der Waals surface area contributed by atoms with Crippen molar-refractivity contribution in [2.24, 2.45) is 5.41 Å². The van der Waals surface area contributed by atoms with Gasteiger partial charge in [0.1, 0.15) is 18.1 Å². The van der Waals surface area contributed by atoms with E-state index in [1.807, 2.05) is 6.92 Å². The van der Waals surface area contributed by atoms with Crippen LogP contribution in [0.15, 0.2) is 36.4 Å². The van der Waals surface area contributed by atoms with Crippen LogP contribution in [0.4, 0.5) is 26.3 Å². The number of hydrogen-bond acceptors (Lipinski definition) is 4. The molecule has 2 aromatic carbocycles. The van der Waals surface area contributed by atoms with Crippen LogP contribution in [0.25, 0.3) is 10.8 Å². The van der Waals surface area contributed by atoms with E-state index in [1.165, 1.54) is 30.3 Å². The number of carbonyl (C=O) groups excluding carboxylic acids is 1. The Morgan fingerprint density at radius 2 is 1.37 bits per heavy atom. The Labute approximate surface area is 168 Å². The van der Waals surface area contributed by atoms with E-state index < -0.39 is 35.9 Å². The molecule has 0 saturated carbocycles. The molecule has 0 aliphatic heterocycles. The van der Waals surface area contributed by atoms with Gasteiger partial charge in [0.25, 0.3) is 5.60 Å². The van der Waals surface area contributed by atoms with E-state index in [9.17, 15) is 31.1 Å². The molecule has 2 rings (SSSR count). The fraction of sp³-hybridized carbons (Fsp3) is 0.450. The van der Waals surface area contributed by atoms with Gasteiger partial charge in [-0.3, -0.25) is 4.79 Å². The zero-order valence-electron chi connectivity index (χ0n) is 16.3. The molecule has 2 aromatic rings. The minimum Gasteiger partial charge on any atom is -0.490 e. The van der Waals surface area contributed by atoms with Gasteiger partial charge in [0.2, 0.25) is 0 Å². The summed E-state index contributed by atoms with van der Waals surface area (Å²) in [6.45, 7) is 3.24. The number of alkyl halides is 6. The van der Waals surface area contributed by atoms with Gasteiger partial charge in [0.15, 0.2) is 0 Å². The quantitative estimate of drug-likeness (QED) is 0.372. The maximum absolute atomic E-state index is 12.7. The van der Waals surface area contributed by atoms with Crippen LogP contribution in [-0.2, 0) is 4.79 Å². The number of carbonyl (C=O) groups is 1. The first-order valence-electron chi connectivity index (χ1n) is 8.85. The highest BCUT2D eigenvalue weighted by molar-refractivity contribution is 5.86. The fourth-order valence-electron chi connectivity index (χ4n) is 2.26. The summed E-state index contributed by atoms with van der Waals surface area (Å²) in [7, 11) is 0. The second-order valence-corrected chi connectivity index (χ2v) is 7.44. The molecule has 1 N–H and O–H groups in total. The Morgan fingerprint density at radius 1 is 0.900 bits per heavy atom. The number of esters is 1. The molecule has 0 spiro atoms. The van der Waals surface area contributed by atoms with Crippen LogP contribution in [0, 0.1) is 5.41 Å². The summed E-state index contributed by atoms with van der Waals surface area (Å²) in [5, 5.41) is 10.1. The van der Waals surface area contributed by atoms with Crippen molar-refractivity contribution >= 4 is 16.7 Å². The van der Waals surface area contributed by atoms with Gasteiger partial charge in [-0.1, -0.05) is 19.1 Å². The van der Waals surface area contributed by atoms with Crippen molar-refractivity contribution in [1.82, 2.24) is 0 Å². The Kier molecular flexibility index (Phi) is 6.32. The first kappa shape index (κ1) is 23.8. The second kappa shape index (κ2) is 7.98. The van der Waals surface area contributed by atoms with E-state index in [0.29, 0.717) is 17.2 Å².